The average molecular weight is 444 g/mol. The lowest BCUT2D eigenvalue weighted by Gasteiger charge is -2.51. The number of amides is 2. The highest BCUT2D eigenvalue weighted by molar-refractivity contribution is 7.80. The summed E-state index contributed by atoms with van der Waals surface area (Å²) in [5.74, 6) is 1.50. The van der Waals surface area contributed by atoms with Crippen LogP contribution in [0.3, 0.4) is 0 Å². The van der Waals surface area contributed by atoms with Gasteiger partial charge in [-0.2, -0.15) is 12.6 Å². The molecule has 2 saturated carbocycles. The minimum atomic E-state index is -0.00631. The summed E-state index contributed by atoms with van der Waals surface area (Å²) in [4.78, 5) is 20.5. The van der Waals surface area contributed by atoms with Crippen molar-refractivity contribution in [3.63, 3.8) is 0 Å². The molecule has 1 heterocycles. The van der Waals surface area contributed by atoms with E-state index < -0.39 is 0 Å². The van der Waals surface area contributed by atoms with E-state index in [1.165, 1.54) is 24.8 Å². The topological polar surface area (TPSA) is 26.8 Å². The lowest BCUT2D eigenvalue weighted by molar-refractivity contribution is 0.0157. The summed E-state index contributed by atoms with van der Waals surface area (Å²) in [5.41, 5.74) is 1.51. The summed E-state index contributed by atoms with van der Waals surface area (Å²) in [7, 11) is 4.44. The zero-order chi connectivity index (χ0) is 22.3. The summed E-state index contributed by atoms with van der Waals surface area (Å²) in [5, 5.41) is 0. The molecule has 5 heteroatoms. The zero-order valence-electron chi connectivity index (χ0n) is 19.9. The maximum atomic E-state index is 13.6. The molecule has 3 aliphatic rings. The third-order valence-corrected chi connectivity index (χ3v) is 9.30. The van der Waals surface area contributed by atoms with Crippen LogP contribution in [-0.2, 0) is 5.54 Å². The fourth-order valence-electron chi connectivity index (χ4n) is 6.08. The van der Waals surface area contributed by atoms with E-state index in [9.17, 15) is 4.79 Å². The Morgan fingerprint density at radius 3 is 2.26 bits per heavy atom. The highest BCUT2D eigenvalue weighted by Gasteiger charge is 2.55. The molecule has 31 heavy (non-hydrogen) atoms. The lowest BCUT2D eigenvalue weighted by Crippen LogP contribution is -2.56. The van der Waals surface area contributed by atoms with Gasteiger partial charge in [-0.05, 0) is 75.3 Å². The summed E-state index contributed by atoms with van der Waals surface area (Å²) in [6, 6.07) is 11.3. The van der Waals surface area contributed by atoms with Gasteiger partial charge in [0, 0.05) is 25.2 Å². The fraction of sp³-hybridized carbons (Fsp3) is 0.731. The van der Waals surface area contributed by atoms with E-state index in [1.54, 1.807) is 0 Å². The summed E-state index contributed by atoms with van der Waals surface area (Å²) < 4.78 is 0. The van der Waals surface area contributed by atoms with E-state index in [0.29, 0.717) is 5.92 Å². The van der Waals surface area contributed by atoms with Crippen LogP contribution in [0, 0.1) is 11.3 Å². The molecule has 4 nitrogen and oxygen atoms in total. The molecule has 3 fully saturated rings. The molecule has 4 rings (SSSR count). The number of hydrogen-bond donors (Lipinski definition) is 1. The molecule has 1 aliphatic heterocycles. The molecule has 0 aromatic heterocycles. The number of thiol groups is 1. The van der Waals surface area contributed by atoms with Gasteiger partial charge in [-0.3, -0.25) is 4.90 Å². The second kappa shape index (κ2) is 8.62. The van der Waals surface area contributed by atoms with Crippen LogP contribution in [0.15, 0.2) is 30.3 Å². The van der Waals surface area contributed by atoms with Crippen molar-refractivity contribution in [2.75, 3.05) is 39.5 Å². The molecule has 0 bridgehead atoms. The predicted molar refractivity (Wildman–Crippen MR) is 132 cm³/mol. The molecule has 2 aliphatic carbocycles. The maximum Gasteiger partial charge on any atom is 0.320 e. The number of benzene rings is 1. The molecule has 0 radical (unpaired) electrons. The van der Waals surface area contributed by atoms with Gasteiger partial charge in [0.1, 0.15) is 0 Å². The van der Waals surface area contributed by atoms with Crippen LogP contribution >= 0.6 is 12.6 Å². The SMILES string of the molecule is CN(C)C1(c2ccccc2)CCC2(CC1)CN(CC(C)(C)CS)C(=O)N2CC1CCC1. The third kappa shape index (κ3) is 4.25. The van der Waals surface area contributed by atoms with E-state index in [0.717, 1.165) is 51.1 Å². The molecule has 1 spiro atoms. The van der Waals surface area contributed by atoms with Crippen molar-refractivity contribution in [2.24, 2.45) is 11.3 Å². The monoisotopic (exact) mass is 443 g/mol. The highest BCUT2D eigenvalue weighted by Crippen LogP contribution is 2.49. The van der Waals surface area contributed by atoms with Gasteiger partial charge >= 0.3 is 6.03 Å². The van der Waals surface area contributed by atoms with Crippen molar-refractivity contribution in [1.82, 2.24) is 14.7 Å². The van der Waals surface area contributed by atoms with Crippen LogP contribution in [0.5, 0.6) is 0 Å². The third-order valence-electron chi connectivity index (χ3n) is 8.45. The number of urea groups is 1. The number of rotatable bonds is 7. The van der Waals surface area contributed by atoms with Crippen LogP contribution < -0.4 is 0 Å². The first-order valence-electron chi connectivity index (χ1n) is 12.1. The molecule has 0 atom stereocenters. The summed E-state index contributed by atoms with van der Waals surface area (Å²) >= 11 is 4.55. The first-order valence-corrected chi connectivity index (χ1v) is 12.8. The Morgan fingerprint density at radius 2 is 1.74 bits per heavy atom. The normalized spacial score (nSPS) is 29.8. The quantitative estimate of drug-likeness (QED) is 0.583. The molecule has 0 unspecified atom stereocenters. The Labute approximate surface area is 194 Å². The van der Waals surface area contributed by atoms with E-state index in [2.05, 4.69) is 85.6 Å². The fourth-order valence-corrected chi connectivity index (χ4v) is 6.18. The van der Waals surface area contributed by atoms with Gasteiger partial charge < -0.3 is 9.80 Å². The van der Waals surface area contributed by atoms with Crippen molar-refractivity contribution in [1.29, 1.82) is 0 Å². The summed E-state index contributed by atoms with van der Waals surface area (Å²) in [6.07, 6.45) is 8.26. The van der Waals surface area contributed by atoms with Crippen LogP contribution in [0.2, 0.25) is 0 Å². The molecular formula is C26H41N3OS. The van der Waals surface area contributed by atoms with Crippen molar-refractivity contribution in [3.05, 3.63) is 35.9 Å². The van der Waals surface area contributed by atoms with Gasteiger partial charge in [0.2, 0.25) is 0 Å². The average Bonchev–Trinajstić information content (AvgIpc) is 2.96. The highest BCUT2D eigenvalue weighted by atomic mass is 32.1. The Morgan fingerprint density at radius 1 is 1.10 bits per heavy atom. The molecule has 1 aromatic carbocycles. The zero-order valence-corrected chi connectivity index (χ0v) is 20.8. The van der Waals surface area contributed by atoms with Gasteiger partial charge in [0.15, 0.2) is 0 Å². The van der Waals surface area contributed by atoms with Crippen LogP contribution in [0.1, 0.15) is 64.4 Å². The molecule has 2 amide bonds. The van der Waals surface area contributed by atoms with Crippen LogP contribution in [0.25, 0.3) is 0 Å². The second-order valence-corrected chi connectivity index (χ2v) is 11.7. The number of carbonyl (C=O) groups is 1. The van der Waals surface area contributed by atoms with Crippen molar-refractivity contribution >= 4 is 18.7 Å². The first kappa shape index (κ1) is 23.0. The Hall–Kier alpha value is -1.20. The van der Waals surface area contributed by atoms with Crippen molar-refractivity contribution < 1.29 is 4.79 Å². The van der Waals surface area contributed by atoms with Gasteiger partial charge in [-0.15, -0.1) is 0 Å². The Bertz CT molecular complexity index is 766. The Balaban J connectivity index is 1.59. The minimum absolute atomic E-state index is 0.00631. The van der Waals surface area contributed by atoms with Crippen molar-refractivity contribution in [2.45, 2.75) is 69.9 Å². The van der Waals surface area contributed by atoms with E-state index >= 15 is 0 Å². The van der Waals surface area contributed by atoms with E-state index in [4.69, 9.17) is 0 Å². The van der Waals surface area contributed by atoms with Crippen molar-refractivity contribution in [3.8, 4) is 0 Å². The van der Waals surface area contributed by atoms with Crippen LogP contribution in [-0.4, -0.2) is 65.8 Å². The van der Waals surface area contributed by atoms with E-state index in [1.807, 2.05) is 0 Å². The lowest BCUT2D eigenvalue weighted by atomic mass is 9.68. The molecule has 1 aromatic rings. The molecule has 172 valence electrons. The van der Waals surface area contributed by atoms with Gasteiger partial charge in [-0.25, -0.2) is 4.79 Å². The number of hydrogen-bond acceptors (Lipinski definition) is 3. The summed E-state index contributed by atoms with van der Waals surface area (Å²) in [6.45, 7) is 7.09. The van der Waals surface area contributed by atoms with Crippen LogP contribution in [0.4, 0.5) is 4.79 Å². The van der Waals surface area contributed by atoms with Gasteiger partial charge in [0.05, 0.1) is 5.54 Å². The first-order chi connectivity index (χ1) is 14.7. The smallest absolute Gasteiger partial charge is 0.320 e. The Kier molecular flexibility index (Phi) is 6.39. The van der Waals surface area contributed by atoms with Gasteiger partial charge in [-0.1, -0.05) is 50.6 Å². The largest absolute Gasteiger partial charge is 0.322 e. The standard InChI is InChI=1S/C26H41N3OS/c1-24(2,20-31)18-28-19-25(29(23(28)30)17-21-9-8-10-21)13-15-26(16-14-25,27(3)4)22-11-6-5-7-12-22/h5-7,11-12,21,31H,8-10,13-20H2,1-4H3. The second-order valence-electron chi connectivity index (χ2n) is 11.4. The molecular weight excluding hydrogens is 402 g/mol. The maximum absolute atomic E-state index is 13.6. The van der Waals surface area contributed by atoms with E-state index in [-0.39, 0.29) is 22.5 Å². The predicted octanol–water partition coefficient (Wildman–Crippen LogP) is 5.25. The number of carbonyl (C=O) groups excluding carboxylic acids is 1. The minimum Gasteiger partial charge on any atom is -0.322 e. The van der Waals surface area contributed by atoms with Gasteiger partial charge in [0.25, 0.3) is 0 Å². The molecule has 1 saturated heterocycles. The number of nitrogens with zero attached hydrogens (tertiary/aromatic N) is 3. The molecule has 0 N–H and O–H groups in total.